The summed E-state index contributed by atoms with van der Waals surface area (Å²) in [5.74, 6) is 1.38. The lowest BCUT2D eigenvalue weighted by atomic mass is 10.1. The van der Waals surface area contributed by atoms with Crippen LogP contribution in [0.2, 0.25) is 0 Å². The van der Waals surface area contributed by atoms with Crippen LogP contribution >= 0.6 is 11.8 Å². The van der Waals surface area contributed by atoms with Crippen molar-refractivity contribution in [3.05, 3.63) is 0 Å². The summed E-state index contributed by atoms with van der Waals surface area (Å²) in [6, 6.07) is 1.60. The molecule has 2 nitrogen and oxygen atoms in total. The molecular weight excluding hydrogens is 192 g/mol. The van der Waals surface area contributed by atoms with Crippen molar-refractivity contribution in [3.63, 3.8) is 0 Å². The molecule has 3 heteroatoms. The van der Waals surface area contributed by atoms with Crippen LogP contribution in [0.4, 0.5) is 0 Å². The van der Waals surface area contributed by atoms with E-state index in [9.17, 15) is 0 Å². The van der Waals surface area contributed by atoms with Crippen LogP contribution in [0.15, 0.2) is 0 Å². The molecule has 2 aliphatic rings. The number of rotatable bonds is 2. The van der Waals surface area contributed by atoms with Crippen molar-refractivity contribution >= 4 is 11.8 Å². The Morgan fingerprint density at radius 1 is 1.36 bits per heavy atom. The van der Waals surface area contributed by atoms with Gasteiger partial charge in [-0.3, -0.25) is 4.90 Å². The van der Waals surface area contributed by atoms with Crippen molar-refractivity contribution in [2.75, 3.05) is 25.9 Å². The molecule has 0 aromatic rings. The molecule has 0 aliphatic carbocycles. The molecule has 0 aromatic heterocycles. The number of hydrogen-bond acceptors (Lipinski definition) is 3. The van der Waals surface area contributed by atoms with Gasteiger partial charge in [-0.1, -0.05) is 6.92 Å². The summed E-state index contributed by atoms with van der Waals surface area (Å²) in [4.78, 5) is 2.71. The minimum atomic E-state index is 0.745. The minimum absolute atomic E-state index is 0.745. The first kappa shape index (κ1) is 10.8. The Morgan fingerprint density at radius 3 is 2.86 bits per heavy atom. The second-order valence-corrected chi connectivity index (χ2v) is 6.04. The maximum absolute atomic E-state index is 3.40. The van der Waals surface area contributed by atoms with Crippen LogP contribution in [0.25, 0.3) is 0 Å². The zero-order valence-electron chi connectivity index (χ0n) is 9.33. The van der Waals surface area contributed by atoms with Gasteiger partial charge in [0.25, 0.3) is 0 Å². The fourth-order valence-corrected chi connectivity index (χ4v) is 3.95. The van der Waals surface area contributed by atoms with Gasteiger partial charge in [-0.15, -0.1) is 0 Å². The number of nitrogens with zero attached hydrogens (tertiary/aromatic N) is 1. The zero-order chi connectivity index (χ0) is 9.97. The normalized spacial score (nSPS) is 40.3. The summed E-state index contributed by atoms with van der Waals surface area (Å²) < 4.78 is 0. The van der Waals surface area contributed by atoms with E-state index < -0.39 is 0 Å². The molecule has 3 atom stereocenters. The number of likely N-dealkylation sites (tertiary alicyclic amines) is 1. The maximum atomic E-state index is 3.40. The van der Waals surface area contributed by atoms with Crippen LogP contribution < -0.4 is 5.32 Å². The fraction of sp³-hybridized carbons (Fsp3) is 1.00. The highest BCUT2D eigenvalue weighted by atomic mass is 32.2. The van der Waals surface area contributed by atoms with Crippen LogP contribution in [0.1, 0.15) is 26.2 Å². The van der Waals surface area contributed by atoms with E-state index in [0.717, 1.165) is 17.3 Å². The Labute approximate surface area is 91.8 Å². The van der Waals surface area contributed by atoms with Crippen molar-refractivity contribution in [1.82, 2.24) is 10.2 Å². The molecule has 2 saturated heterocycles. The molecule has 0 bridgehead atoms. The highest BCUT2D eigenvalue weighted by molar-refractivity contribution is 7.99. The summed E-state index contributed by atoms with van der Waals surface area (Å²) in [6.07, 6.45) is 4.18. The monoisotopic (exact) mass is 214 g/mol. The molecule has 82 valence electrons. The van der Waals surface area contributed by atoms with Crippen molar-refractivity contribution in [3.8, 4) is 0 Å². The first-order chi connectivity index (χ1) is 6.81. The summed E-state index contributed by atoms with van der Waals surface area (Å²) in [5, 5.41) is 4.25. The zero-order valence-corrected chi connectivity index (χ0v) is 10.1. The quantitative estimate of drug-likeness (QED) is 0.751. The van der Waals surface area contributed by atoms with Crippen LogP contribution in [-0.2, 0) is 0 Å². The van der Waals surface area contributed by atoms with E-state index in [4.69, 9.17) is 0 Å². The van der Waals surface area contributed by atoms with Crippen LogP contribution in [0.3, 0.4) is 0 Å². The van der Waals surface area contributed by atoms with Gasteiger partial charge >= 0.3 is 0 Å². The molecule has 2 heterocycles. The Hall–Kier alpha value is 0.270. The van der Waals surface area contributed by atoms with Gasteiger partial charge in [-0.05, 0) is 32.1 Å². The van der Waals surface area contributed by atoms with E-state index in [1.54, 1.807) is 0 Å². The first-order valence-corrected chi connectivity index (χ1v) is 6.89. The topological polar surface area (TPSA) is 15.3 Å². The third kappa shape index (κ3) is 2.26. The Kier molecular flexibility index (Phi) is 3.74. The molecule has 0 amide bonds. The third-order valence-corrected chi connectivity index (χ3v) is 5.03. The van der Waals surface area contributed by atoms with E-state index >= 15 is 0 Å². The lowest BCUT2D eigenvalue weighted by Crippen LogP contribution is -2.43. The minimum Gasteiger partial charge on any atom is -0.316 e. The van der Waals surface area contributed by atoms with Crippen LogP contribution in [-0.4, -0.2) is 48.1 Å². The smallest absolute Gasteiger partial charge is 0.0212 e. The van der Waals surface area contributed by atoms with E-state index in [2.05, 4.69) is 35.9 Å². The number of thioether (sulfide) groups is 1. The average Bonchev–Trinajstić information content (AvgIpc) is 2.67. The molecule has 2 rings (SSSR count). The predicted octanol–water partition coefficient (Wildman–Crippen LogP) is 1.56. The fourth-order valence-electron chi connectivity index (χ4n) is 2.71. The Balaban J connectivity index is 1.88. The SMILES string of the molecule is CNC1CCN(C2CCCSC2C)C1. The maximum Gasteiger partial charge on any atom is 0.0212 e. The molecule has 0 saturated carbocycles. The molecule has 2 fully saturated rings. The Bertz CT molecular complexity index is 186. The standard InChI is InChI=1S/C11H22N2S/c1-9-11(4-3-7-14-9)13-6-5-10(8-13)12-2/h9-12H,3-8H2,1-2H3. The van der Waals surface area contributed by atoms with Gasteiger partial charge in [0.2, 0.25) is 0 Å². The van der Waals surface area contributed by atoms with Crippen molar-refractivity contribution in [2.45, 2.75) is 43.5 Å². The average molecular weight is 214 g/mol. The molecule has 2 aliphatic heterocycles. The van der Waals surface area contributed by atoms with Gasteiger partial charge < -0.3 is 5.32 Å². The second kappa shape index (κ2) is 4.86. The molecule has 0 radical (unpaired) electrons. The van der Waals surface area contributed by atoms with Gasteiger partial charge in [-0.25, -0.2) is 0 Å². The highest BCUT2D eigenvalue weighted by Gasteiger charge is 2.32. The molecular formula is C11H22N2S. The van der Waals surface area contributed by atoms with Crippen molar-refractivity contribution < 1.29 is 0 Å². The van der Waals surface area contributed by atoms with E-state index in [1.807, 2.05) is 0 Å². The van der Waals surface area contributed by atoms with Gasteiger partial charge in [0.15, 0.2) is 0 Å². The summed E-state index contributed by atoms with van der Waals surface area (Å²) >= 11 is 2.16. The predicted molar refractivity (Wildman–Crippen MR) is 64.0 cm³/mol. The van der Waals surface area contributed by atoms with Gasteiger partial charge in [0.1, 0.15) is 0 Å². The van der Waals surface area contributed by atoms with Crippen LogP contribution in [0.5, 0.6) is 0 Å². The van der Waals surface area contributed by atoms with E-state index in [0.29, 0.717) is 0 Å². The third-order valence-electron chi connectivity index (χ3n) is 3.66. The van der Waals surface area contributed by atoms with Gasteiger partial charge in [0.05, 0.1) is 0 Å². The summed E-state index contributed by atoms with van der Waals surface area (Å²) in [6.45, 7) is 4.98. The van der Waals surface area contributed by atoms with Crippen LogP contribution in [0, 0.1) is 0 Å². The number of hydrogen-bond donors (Lipinski definition) is 1. The second-order valence-electron chi connectivity index (χ2n) is 4.55. The lowest BCUT2D eigenvalue weighted by Gasteiger charge is -2.35. The van der Waals surface area contributed by atoms with Gasteiger partial charge in [0, 0.05) is 30.4 Å². The largest absolute Gasteiger partial charge is 0.316 e. The lowest BCUT2D eigenvalue weighted by molar-refractivity contribution is 0.220. The molecule has 14 heavy (non-hydrogen) atoms. The van der Waals surface area contributed by atoms with E-state index in [-0.39, 0.29) is 0 Å². The summed E-state index contributed by atoms with van der Waals surface area (Å²) in [7, 11) is 2.09. The van der Waals surface area contributed by atoms with Gasteiger partial charge in [-0.2, -0.15) is 11.8 Å². The van der Waals surface area contributed by atoms with Crippen molar-refractivity contribution in [1.29, 1.82) is 0 Å². The van der Waals surface area contributed by atoms with Crippen molar-refractivity contribution in [2.24, 2.45) is 0 Å². The molecule has 1 N–H and O–H groups in total. The summed E-state index contributed by atoms with van der Waals surface area (Å²) in [5.41, 5.74) is 0. The Morgan fingerprint density at radius 2 is 2.21 bits per heavy atom. The molecule has 0 aromatic carbocycles. The number of likely N-dealkylation sites (N-methyl/N-ethyl adjacent to an activating group) is 1. The first-order valence-electron chi connectivity index (χ1n) is 5.84. The number of nitrogens with one attached hydrogen (secondary N) is 1. The van der Waals surface area contributed by atoms with E-state index in [1.165, 1.54) is 38.1 Å². The molecule has 0 spiro atoms. The highest BCUT2D eigenvalue weighted by Crippen LogP contribution is 2.30. The molecule has 3 unspecified atom stereocenters.